The molecule has 0 unspecified atom stereocenters. The van der Waals surface area contributed by atoms with Gasteiger partial charge >= 0.3 is 0 Å². The van der Waals surface area contributed by atoms with Crippen LogP contribution in [0.2, 0.25) is 0 Å². The second-order valence-electron chi connectivity index (χ2n) is 4.62. The van der Waals surface area contributed by atoms with Crippen molar-refractivity contribution in [3.05, 3.63) is 29.6 Å². The fourth-order valence-electron chi connectivity index (χ4n) is 2.48. The minimum Gasteiger partial charge on any atom is -0.342 e. The van der Waals surface area contributed by atoms with Gasteiger partial charge in [-0.1, -0.05) is 12.1 Å². The molecule has 0 bridgehead atoms. The van der Waals surface area contributed by atoms with Gasteiger partial charge in [0, 0.05) is 5.92 Å². The Labute approximate surface area is 95.3 Å². The van der Waals surface area contributed by atoms with Gasteiger partial charge in [0.15, 0.2) is 0 Å². The number of imidazole rings is 1. The number of aromatic amines is 1. The molecule has 0 spiro atoms. The lowest BCUT2D eigenvalue weighted by Crippen LogP contribution is -2.27. The quantitative estimate of drug-likeness (QED) is 0.766. The molecule has 1 aromatic carbocycles. The molecule has 0 aliphatic carbocycles. The second-order valence-corrected chi connectivity index (χ2v) is 4.62. The lowest BCUT2D eigenvalue weighted by molar-refractivity contribution is 0.448. The number of para-hydroxylation sites is 1. The summed E-state index contributed by atoms with van der Waals surface area (Å²) >= 11 is 0. The van der Waals surface area contributed by atoms with Crippen molar-refractivity contribution in [2.24, 2.45) is 0 Å². The summed E-state index contributed by atoms with van der Waals surface area (Å²) in [6, 6.07) is 6.29. The number of aromatic nitrogens is 2. The van der Waals surface area contributed by atoms with E-state index in [-0.39, 0.29) is 0 Å². The lowest BCUT2D eigenvalue weighted by Gasteiger charge is -2.20. The molecule has 0 radical (unpaired) electrons. The smallest absolute Gasteiger partial charge is 0.110 e. The van der Waals surface area contributed by atoms with Crippen molar-refractivity contribution in [1.82, 2.24) is 15.3 Å². The number of nitrogens with one attached hydrogen (secondary N) is 2. The summed E-state index contributed by atoms with van der Waals surface area (Å²) in [6.45, 7) is 4.36. The van der Waals surface area contributed by atoms with E-state index >= 15 is 0 Å². The first-order valence-corrected chi connectivity index (χ1v) is 6.00. The first kappa shape index (κ1) is 9.85. The van der Waals surface area contributed by atoms with Gasteiger partial charge in [0.1, 0.15) is 5.82 Å². The average Bonchev–Trinajstić information content (AvgIpc) is 2.76. The van der Waals surface area contributed by atoms with Gasteiger partial charge in [0.05, 0.1) is 11.0 Å². The zero-order valence-electron chi connectivity index (χ0n) is 9.59. The molecule has 3 rings (SSSR count). The highest BCUT2D eigenvalue weighted by molar-refractivity contribution is 5.78. The van der Waals surface area contributed by atoms with Crippen LogP contribution in [0.4, 0.5) is 0 Å². The van der Waals surface area contributed by atoms with Crippen LogP contribution in [0.15, 0.2) is 18.2 Å². The molecule has 0 amide bonds. The Morgan fingerprint density at radius 3 is 2.81 bits per heavy atom. The maximum Gasteiger partial charge on any atom is 0.110 e. The predicted molar refractivity (Wildman–Crippen MR) is 65.7 cm³/mol. The number of benzene rings is 1. The van der Waals surface area contributed by atoms with E-state index in [1.807, 2.05) is 0 Å². The lowest BCUT2D eigenvalue weighted by atomic mass is 9.98. The molecule has 3 nitrogen and oxygen atoms in total. The zero-order valence-corrected chi connectivity index (χ0v) is 9.59. The van der Waals surface area contributed by atoms with Crippen molar-refractivity contribution in [1.29, 1.82) is 0 Å². The van der Waals surface area contributed by atoms with E-state index < -0.39 is 0 Å². The van der Waals surface area contributed by atoms with Crippen LogP contribution in [0.1, 0.15) is 30.1 Å². The van der Waals surface area contributed by atoms with E-state index in [0.29, 0.717) is 5.92 Å². The number of aryl methyl sites for hydroxylation is 1. The molecule has 1 aromatic heterocycles. The Hall–Kier alpha value is -1.35. The molecular formula is C13H17N3. The minimum atomic E-state index is 0.605. The summed E-state index contributed by atoms with van der Waals surface area (Å²) in [4.78, 5) is 8.21. The highest BCUT2D eigenvalue weighted by Gasteiger charge is 2.18. The monoisotopic (exact) mass is 215 g/mol. The van der Waals surface area contributed by atoms with Crippen molar-refractivity contribution in [3.8, 4) is 0 Å². The van der Waals surface area contributed by atoms with Gasteiger partial charge in [-0.05, 0) is 44.5 Å². The fraction of sp³-hybridized carbons (Fsp3) is 0.462. The molecule has 0 saturated carbocycles. The van der Waals surface area contributed by atoms with Crippen molar-refractivity contribution < 1.29 is 0 Å². The number of H-pyrrole nitrogens is 1. The van der Waals surface area contributed by atoms with Gasteiger partial charge in [-0.15, -0.1) is 0 Å². The van der Waals surface area contributed by atoms with Crippen LogP contribution in [0, 0.1) is 6.92 Å². The van der Waals surface area contributed by atoms with E-state index in [0.717, 1.165) is 18.6 Å². The number of nitrogens with zero attached hydrogens (tertiary/aromatic N) is 1. The Kier molecular flexibility index (Phi) is 2.40. The molecule has 0 atom stereocenters. The number of rotatable bonds is 1. The normalized spacial score (nSPS) is 18.1. The Morgan fingerprint density at radius 2 is 2.06 bits per heavy atom. The molecule has 2 heterocycles. The Morgan fingerprint density at radius 1 is 1.25 bits per heavy atom. The Bertz CT molecular complexity index is 495. The summed E-state index contributed by atoms with van der Waals surface area (Å²) in [6.07, 6.45) is 2.39. The third kappa shape index (κ3) is 1.61. The molecule has 3 heteroatoms. The molecule has 2 N–H and O–H groups in total. The van der Waals surface area contributed by atoms with Crippen LogP contribution in [-0.4, -0.2) is 23.1 Å². The standard InChI is InChI=1S/C13H17N3/c1-9-3-2-4-11-12(9)16-13(15-11)10-5-7-14-8-6-10/h2-4,10,14H,5-8H2,1H3,(H,15,16). The molecule has 1 fully saturated rings. The van der Waals surface area contributed by atoms with Gasteiger partial charge in [0.2, 0.25) is 0 Å². The van der Waals surface area contributed by atoms with Gasteiger partial charge < -0.3 is 10.3 Å². The van der Waals surface area contributed by atoms with Crippen molar-refractivity contribution in [2.45, 2.75) is 25.7 Å². The highest BCUT2D eigenvalue weighted by atomic mass is 14.9. The van der Waals surface area contributed by atoms with Gasteiger partial charge in [0.25, 0.3) is 0 Å². The maximum absolute atomic E-state index is 4.71. The topological polar surface area (TPSA) is 40.7 Å². The van der Waals surface area contributed by atoms with Crippen LogP contribution >= 0.6 is 0 Å². The van der Waals surface area contributed by atoms with Gasteiger partial charge in [-0.3, -0.25) is 0 Å². The largest absolute Gasteiger partial charge is 0.342 e. The molecule has 2 aromatic rings. The molecule has 1 aliphatic rings. The molecule has 1 aliphatic heterocycles. The van der Waals surface area contributed by atoms with Crippen molar-refractivity contribution in [2.75, 3.05) is 13.1 Å². The summed E-state index contributed by atoms with van der Waals surface area (Å²) in [5.41, 5.74) is 3.59. The summed E-state index contributed by atoms with van der Waals surface area (Å²) < 4.78 is 0. The summed E-state index contributed by atoms with van der Waals surface area (Å²) in [7, 11) is 0. The van der Waals surface area contributed by atoms with E-state index in [1.54, 1.807) is 0 Å². The molecular weight excluding hydrogens is 198 g/mol. The number of hydrogen-bond acceptors (Lipinski definition) is 2. The van der Waals surface area contributed by atoms with Gasteiger partial charge in [-0.2, -0.15) is 0 Å². The SMILES string of the molecule is Cc1cccc2nc(C3CCNCC3)[nH]c12. The summed E-state index contributed by atoms with van der Waals surface area (Å²) in [5, 5.41) is 3.39. The van der Waals surface area contributed by atoms with Crippen molar-refractivity contribution >= 4 is 11.0 Å². The van der Waals surface area contributed by atoms with E-state index in [9.17, 15) is 0 Å². The first-order chi connectivity index (χ1) is 7.84. The summed E-state index contributed by atoms with van der Waals surface area (Å²) in [5.74, 6) is 1.78. The van der Waals surface area contributed by atoms with Gasteiger partial charge in [-0.25, -0.2) is 4.98 Å². The number of piperidine rings is 1. The van der Waals surface area contributed by atoms with Crippen LogP contribution in [0.3, 0.4) is 0 Å². The predicted octanol–water partition coefficient (Wildman–Crippen LogP) is 2.34. The third-order valence-electron chi connectivity index (χ3n) is 3.47. The second kappa shape index (κ2) is 3.91. The van der Waals surface area contributed by atoms with E-state index in [1.165, 1.54) is 29.7 Å². The van der Waals surface area contributed by atoms with Crippen LogP contribution < -0.4 is 5.32 Å². The van der Waals surface area contributed by atoms with Crippen molar-refractivity contribution in [3.63, 3.8) is 0 Å². The minimum absolute atomic E-state index is 0.605. The van der Waals surface area contributed by atoms with E-state index in [4.69, 9.17) is 4.98 Å². The zero-order chi connectivity index (χ0) is 11.0. The molecule has 1 saturated heterocycles. The molecule has 16 heavy (non-hydrogen) atoms. The highest BCUT2D eigenvalue weighted by Crippen LogP contribution is 2.25. The molecule has 84 valence electrons. The number of fused-ring (bicyclic) bond motifs is 1. The average molecular weight is 215 g/mol. The third-order valence-corrected chi connectivity index (χ3v) is 3.47. The maximum atomic E-state index is 4.71. The number of hydrogen-bond donors (Lipinski definition) is 2. The van der Waals surface area contributed by atoms with Crippen LogP contribution in [0.25, 0.3) is 11.0 Å². The van der Waals surface area contributed by atoms with E-state index in [2.05, 4.69) is 35.4 Å². The fourth-order valence-corrected chi connectivity index (χ4v) is 2.48. The van der Waals surface area contributed by atoms with Crippen LogP contribution in [0.5, 0.6) is 0 Å². The Balaban J connectivity index is 2.01. The van der Waals surface area contributed by atoms with Crippen LogP contribution in [-0.2, 0) is 0 Å². The first-order valence-electron chi connectivity index (χ1n) is 6.00.